The highest BCUT2D eigenvalue weighted by atomic mass is 16.5. The first kappa shape index (κ1) is 15.3. The van der Waals surface area contributed by atoms with Gasteiger partial charge in [0, 0.05) is 37.1 Å². The third kappa shape index (κ3) is 3.28. The Bertz CT molecular complexity index is 698. The molecule has 0 atom stereocenters. The van der Waals surface area contributed by atoms with E-state index in [-0.39, 0.29) is 0 Å². The summed E-state index contributed by atoms with van der Waals surface area (Å²) in [5.74, 6) is 1.47. The Hall–Kier alpha value is -2.57. The van der Waals surface area contributed by atoms with Crippen LogP contribution in [0.2, 0.25) is 0 Å². The van der Waals surface area contributed by atoms with E-state index >= 15 is 0 Å². The molecule has 0 unspecified atom stereocenters. The van der Waals surface area contributed by atoms with Gasteiger partial charge in [-0.15, -0.1) is 0 Å². The van der Waals surface area contributed by atoms with Crippen molar-refractivity contribution < 1.29 is 9.53 Å². The van der Waals surface area contributed by atoms with Gasteiger partial charge in [0.15, 0.2) is 0 Å². The van der Waals surface area contributed by atoms with Gasteiger partial charge in [-0.25, -0.2) is 24.7 Å². The minimum Gasteiger partial charge on any atom is -0.465 e. The van der Waals surface area contributed by atoms with Crippen LogP contribution in [-0.4, -0.2) is 46.1 Å². The maximum Gasteiger partial charge on any atom is 0.343 e. The average Bonchev–Trinajstić information content (AvgIpc) is 2.61. The van der Waals surface area contributed by atoms with Crippen molar-refractivity contribution in [2.45, 2.75) is 25.7 Å². The minimum absolute atomic E-state index is 0.342. The molecule has 1 aliphatic rings. The van der Waals surface area contributed by atoms with Crippen LogP contribution in [0.5, 0.6) is 0 Å². The molecule has 0 N–H and O–H groups in total. The zero-order chi connectivity index (χ0) is 16.2. The molecule has 0 spiro atoms. The molecule has 2 aromatic heterocycles. The third-order valence-corrected chi connectivity index (χ3v) is 4.07. The van der Waals surface area contributed by atoms with E-state index in [1.54, 1.807) is 0 Å². The Morgan fingerprint density at radius 3 is 2.78 bits per heavy atom. The molecule has 3 rings (SSSR count). The summed E-state index contributed by atoms with van der Waals surface area (Å²) in [5.41, 5.74) is 1.39. The lowest BCUT2D eigenvalue weighted by Gasteiger charge is -2.32. The van der Waals surface area contributed by atoms with Crippen molar-refractivity contribution in [2.24, 2.45) is 0 Å². The third-order valence-electron chi connectivity index (χ3n) is 4.07. The Balaban J connectivity index is 1.73. The van der Waals surface area contributed by atoms with Crippen LogP contribution in [-0.2, 0) is 4.74 Å². The van der Waals surface area contributed by atoms with Crippen molar-refractivity contribution in [1.29, 1.82) is 0 Å². The lowest BCUT2D eigenvalue weighted by Crippen LogP contribution is -2.35. The Labute approximate surface area is 134 Å². The average molecular weight is 313 g/mol. The molecule has 7 heteroatoms. The van der Waals surface area contributed by atoms with Gasteiger partial charge in [0.2, 0.25) is 0 Å². The normalized spacial score (nSPS) is 15.5. The first-order valence-electron chi connectivity index (χ1n) is 7.62. The monoisotopic (exact) mass is 313 g/mol. The fraction of sp³-hybridized carbons (Fsp3) is 0.438. The highest BCUT2D eigenvalue weighted by Gasteiger charge is 2.26. The number of anilines is 1. The molecule has 23 heavy (non-hydrogen) atoms. The number of methoxy groups -OCH3 is 1. The van der Waals surface area contributed by atoms with Crippen molar-refractivity contribution in [3.63, 3.8) is 0 Å². The van der Waals surface area contributed by atoms with Gasteiger partial charge in [-0.1, -0.05) is 0 Å². The number of nitrogens with zero attached hydrogens (tertiary/aromatic N) is 5. The summed E-state index contributed by atoms with van der Waals surface area (Å²) in [7, 11) is 1.36. The van der Waals surface area contributed by atoms with E-state index in [4.69, 9.17) is 4.74 Å². The summed E-state index contributed by atoms with van der Waals surface area (Å²) in [5, 5.41) is 0. The second-order valence-electron chi connectivity index (χ2n) is 5.57. The largest absolute Gasteiger partial charge is 0.465 e. The molecule has 0 aliphatic carbocycles. The summed E-state index contributed by atoms with van der Waals surface area (Å²) >= 11 is 0. The number of piperidine rings is 1. The molecular formula is C16H19N5O2. The van der Waals surface area contributed by atoms with E-state index in [0.717, 1.165) is 37.4 Å². The molecule has 1 aliphatic heterocycles. The van der Waals surface area contributed by atoms with E-state index in [9.17, 15) is 4.79 Å². The summed E-state index contributed by atoms with van der Waals surface area (Å²) in [6.45, 7) is 3.57. The van der Waals surface area contributed by atoms with Gasteiger partial charge in [-0.3, -0.25) is 0 Å². The Morgan fingerprint density at radius 2 is 2.09 bits per heavy atom. The summed E-state index contributed by atoms with van der Waals surface area (Å²) in [6.07, 6.45) is 6.62. The van der Waals surface area contributed by atoms with Gasteiger partial charge in [0.1, 0.15) is 23.5 Å². The molecular weight excluding hydrogens is 294 g/mol. The van der Waals surface area contributed by atoms with Gasteiger partial charge in [-0.2, -0.15) is 0 Å². The van der Waals surface area contributed by atoms with Crippen LogP contribution in [0.3, 0.4) is 0 Å². The number of rotatable bonds is 3. The molecule has 0 radical (unpaired) electrons. The van der Waals surface area contributed by atoms with Gasteiger partial charge in [0.05, 0.1) is 7.11 Å². The zero-order valence-corrected chi connectivity index (χ0v) is 13.3. The standard InChI is InChI=1S/C16H19N5O2/c1-11-3-6-18-14(20-11)12-4-7-21(8-5-12)15-13(16(22)23-2)9-17-10-19-15/h3,6,9-10,12H,4-5,7-8H2,1-2H3. The molecule has 0 aromatic carbocycles. The van der Waals surface area contributed by atoms with Gasteiger partial charge in [0.25, 0.3) is 0 Å². The molecule has 3 heterocycles. The summed E-state index contributed by atoms with van der Waals surface area (Å²) < 4.78 is 4.81. The van der Waals surface area contributed by atoms with Crippen LogP contribution < -0.4 is 4.90 Å². The quantitative estimate of drug-likeness (QED) is 0.798. The van der Waals surface area contributed by atoms with Gasteiger partial charge < -0.3 is 9.64 Å². The molecule has 0 saturated carbocycles. The van der Waals surface area contributed by atoms with Gasteiger partial charge in [-0.05, 0) is 25.8 Å². The number of ether oxygens (including phenoxy) is 1. The Morgan fingerprint density at radius 1 is 1.30 bits per heavy atom. The number of hydrogen-bond acceptors (Lipinski definition) is 7. The molecule has 7 nitrogen and oxygen atoms in total. The van der Waals surface area contributed by atoms with Crippen molar-refractivity contribution in [3.8, 4) is 0 Å². The highest BCUT2D eigenvalue weighted by Crippen LogP contribution is 2.29. The maximum atomic E-state index is 11.9. The number of hydrogen-bond donors (Lipinski definition) is 0. The number of esters is 1. The minimum atomic E-state index is -0.412. The fourth-order valence-corrected chi connectivity index (χ4v) is 2.84. The molecule has 1 fully saturated rings. The Kier molecular flexibility index (Phi) is 4.45. The highest BCUT2D eigenvalue weighted by molar-refractivity contribution is 5.94. The van der Waals surface area contributed by atoms with Crippen LogP contribution in [0.1, 0.15) is 40.6 Å². The molecule has 2 aromatic rings. The maximum absolute atomic E-state index is 11.9. The number of carbonyl (C=O) groups is 1. The fourth-order valence-electron chi connectivity index (χ4n) is 2.84. The van der Waals surface area contributed by atoms with E-state index in [2.05, 4.69) is 24.8 Å². The van der Waals surface area contributed by atoms with Crippen LogP contribution in [0.4, 0.5) is 5.82 Å². The first-order chi connectivity index (χ1) is 11.2. The predicted molar refractivity (Wildman–Crippen MR) is 84.3 cm³/mol. The van der Waals surface area contributed by atoms with Crippen molar-refractivity contribution >= 4 is 11.8 Å². The lowest BCUT2D eigenvalue weighted by molar-refractivity contribution is 0.0600. The first-order valence-corrected chi connectivity index (χ1v) is 7.62. The van der Waals surface area contributed by atoms with E-state index in [1.165, 1.54) is 19.6 Å². The summed E-state index contributed by atoms with van der Waals surface area (Å²) in [6, 6.07) is 1.90. The summed E-state index contributed by atoms with van der Waals surface area (Å²) in [4.78, 5) is 31.1. The van der Waals surface area contributed by atoms with E-state index < -0.39 is 5.97 Å². The zero-order valence-electron chi connectivity index (χ0n) is 13.3. The molecule has 0 amide bonds. The number of aryl methyl sites for hydroxylation is 1. The second-order valence-corrected chi connectivity index (χ2v) is 5.57. The molecule has 120 valence electrons. The smallest absolute Gasteiger partial charge is 0.343 e. The lowest BCUT2D eigenvalue weighted by atomic mass is 9.95. The van der Waals surface area contributed by atoms with Crippen molar-refractivity contribution in [3.05, 3.63) is 41.9 Å². The number of carbonyl (C=O) groups excluding carboxylic acids is 1. The topological polar surface area (TPSA) is 81.1 Å². The van der Waals surface area contributed by atoms with Gasteiger partial charge >= 0.3 is 5.97 Å². The second kappa shape index (κ2) is 6.68. The van der Waals surface area contributed by atoms with Crippen LogP contribution in [0.15, 0.2) is 24.8 Å². The van der Waals surface area contributed by atoms with E-state index in [1.807, 2.05) is 19.2 Å². The van der Waals surface area contributed by atoms with Crippen LogP contribution in [0, 0.1) is 6.92 Å². The van der Waals surface area contributed by atoms with Crippen LogP contribution in [0.25, 0.3) is 0 Å². The van der Waals surface area contributed by atoms with Crippen molar-refractivity contribution in [1.82, 2.24) is 19.9 Å². The predicted octanol–water partition coefficient (Wildman–Crippen LogP) is 1.75. The van der Waals surface area contributed by atoms with E-state index in [0.29, 0.717) is 17.3 Å². The number of aromatic nitrogens is 4. The molecule has 0 bridgehead atoms. The van der Waals surface area contributed by atoms with Crippen LogP contribution >= 0.6 is 0 Å². The molecule has 1 saturated heterocycles. The van der Waals surface area contributed by atoms with Crippen molar-refractivity contribution in [2.75, 3.05) is 25.1 Å². The SMILES string of the molecule is COC(=O)c1cncnc1N1CCC(c2nccc(C)n2)CC1.